The molecule has 1 saturated carbocycles. The van der Waals surface area contributed by atoms with Crippen molar-refractivity contribution in [2.24, 2.45) is 11.8 Å². The Balaban J connectivity index is 1.29. The maximum Gasteiger partial charge on any atom is 0.127 e. The summed E-state index contributed by atoms with van der Waals surface area (Å²) in [6, 6.07) is 19.1. The fraction of sp³-hybridized carbons (Fsp3) is 0.407. The van der Waals surface area contributed by atoms with Crippen molar-refractivity contribution in [3.63, 3.8) is 0 Å². The lowest BCUT2D eigenvalue weighted by Crippen LogP contribution is -2.38. The summed E-state index contributed by atoms with van der Waals surface area (Å²) in [7, 11) is 0. The Labute approximate surface area is 193 Å². The average Bonchev–Trinajstić information content (AvgIpc) is 3.19. The second-order valence-corrected chi connectivity index (χ2v) is 9.52. The zero-order chi connectivity index (χ0) is 22.9. The van der Waals surface area contributed by atoms with E-state index in [-0.39, 0.29) is 12.4 Å². The number of hydrogen-bond acceptors (Lipinski definition) is 6. The molecule has 0 spiro atoms. The van der Waals surface area contributed by atoms with E-state index in [0.29, 0.717) is 37.0 Å². The van der Waals surface area contributed by atoms with Crippen molar-refractivity contribution in [2.75, 3.05) is 26.2 Å². The Hall–Kier alpha value is -2.64. The topological polar surface area (TPSA) is 93.4 Å². The van der Waals surface area contributed by atoms with Crippen LogP contribution in [0.1, 0.15) is 12.8 Å². The first-order valence-electron chi connectivity index (χ1n) is 11.7. The van der Waals surface area contributed by atoms with Gasteiger partial charge in [0.05, 0.1) is 12.2 Å². The van der Waals surface area contributed by atoms with E-state index in [1.165, 1.54) is 0 Å². The predicted molar refractivity (Wildman–Crippen MR) is 127 cm³/mol. The van der Waals surface area contributed by atoms with Crippen LogP contribution < -0.4 is 4.74 Å². The third kappa shape index (κ3) is 4.70. The molecule has 2 aliphatic rings. The van der Waals surface area contributed by atoms with Crippen LogP contribution >= 0.6 is 0 Å². The minimum Gasteiger partial charge on any atom is -0.508 e. The third-order valence-corrected chi connectivity index (χ3v) is 7.13. The van der Waals surface area contributed by atoms with Crippen LogP contribution in [0, 0.1) is 11.8 Å². The van der Waals surface area contributed by atoms with Gasteiger partial charge in [-0.25, -0.2) is 0 Å². The first-order valence-corrected chi connectivity index (χ1v) is 11.7. The van der Waals surface area contributed by atoms with Gasteiger partial charge in [-0.3, -0.25) is 0 Å². The number of rotatable bonds is 6. The fourth-order valence-corrected chi connectivity index (χ4v) is 5.49. The number of ether oxygens (including phenoxy) is 1. The van der Waals surface area contributed by atoms with Gasteiger partial charge in [-0.1, -0.05) is 42.5 Å². The summed E-state index contributed by atoms with van der Waals surface area (Å²) >= 11 is 0. The number of likely N-dealkylation sites (tertiary alicyclic amines) is 1. The Bertz CT molecular complexity index is 1080. The SMILES string of the molecule is Oc1ccc(-c2c(OCC(O)CN3C[C@H]4C[C@H](O)[C@H](O)C[C@H]4C3)ccc3ccccc23)cc1. The van der Waals surface area contributed by atoms with E-state index >= 15 is 0 Å². The van der Waals surface area contributed by atoms with Crippen molar-refractivity contribution in [1.82, 2.24) is 4.90 Å². The van der Waals surface area contributed by atoms with Gasteiger partial charge in [0.25, 0.3) is 0 Å². The highest BCUT2D eigenvalue weighted by Gasteiger charge is 2.41. The lowest BCUT2D eigenvalue weighted by atomic mass is 9.79. The molecular formula is C27H31NO5. The first kappa shape index (κ1) is 22.2. The fourth-order valence-electron chi connectivity index (χ4n) is 5.49. The number of hydrogen-bond donors (Lipinski definition) is 4. The highest BCUT2D eigenvalue weighted by Crippen LogP contribution is 2.38. The number of aromatic hydroxyl groups is 1. The molecule has 3 aromatic rings. The molecule has 4 N–H and O–H groups in total. The van der Waals surface area contributed by atoms with Crippen molar-refractivity contribution in [3.8, 4) is 22.6 Å². The van der Waals surface area contributed by atoms with E-state index in [4.69, 9.17) is 4.74 Å². The van der Waals surface area contributed by atoms with E-state index in [0.717, 1.165) is 35.0 Å². The Morgan fingerprint density at radius 1 is 0.879 bits per heavy atom. The second kappa shape index (κ2) is 9.31. The number of phenolic OH excluding ortho intramolecular Hbond substituents is 1. The zero-order valence-corrected chi connectivity index (χ0v) is 18.5. The third-order valence-electron chi connectivity index (χ3n) is 7.13. The van der Waals surface area contributed by atoms with Gasteiger partial charge in [0, 0.05) is 25.2 Å². The first-order chi connectivity index (χ1) is 16.0. The van der Waals surface area contributed by atoms with Crippen molar-refractivity contribution in [2.45, 2.75) is 31.2 Å². The molecule has 1 saturated heterocycles. The molecule has 6 nitrogen and oxygen atoms in total. The molecule has 3 aromatic carbocycles. The molecule has 1 unspecified atom stereocenters. The van der Waals surface area contributed by atoms with Crippen LogP contribution in [0.4, 0.5) is 0 Å². The van der Waals surface area contributed by atoms with Gasteiger partial charge < -0.3 is 30.1 Å². The van der Waals surface area contributed by atoms with Gasteiger partial charge in [-0.05, 0) is 59.2 Å². The molecule has 5 rings (SSSR count). The average molecular weight is 450 g/mol. The van der Waals surface area contributed by atoms with Crippen LogP contribution in [0.5, 0.6) is 11.5 Å². The summed E-state index contributed by atoms with van der Waals surface area (Å²) < 4.78 is 6.14. The Kier molecular flexibility index (Phi) is 6.25. The minimum absolute atomic E-state index is 0.167. The molecule has 5 atom stereocenters. The molecule has 0 aromatic heterocycles. The standard InChI is InChI=1S/C27H31NO5/c29-21-8-5-18(6-9-21)27-23-4-2-1-3-17(23)7-10-26(27)33-16-22(30)15-28-13-19-11-24(31)25(32)12-20(19)14-28/h1-10,19-20,22,24-25,29-32H,11-16H2/t19-,20+,22?,24+,25-. The molecule has 1 heterocycles. The largest absolute Gasteiger partial charge is 0.508 e. The summed E-state index contributed by atoms with van der Waals surface area (Å²) in [6.07, 6.45) is -0.667. The van der Waals surface area contributed by atoms with Crippen LogP contribution in [-0.2, 0) is 0 Å². The Morgan fingerprint density at radius 3 is 2.24 bits per heavy atom. The van der Waals surface area contributed by atoms with Crippen LogP contribution in [0.2, 0.25) is 0 Å². The normalized spacial score (nSPS) is 26.3. The molecule has 6 heteroatoms. The number of nitrogens with zero attached hydrogens (tertiary/aromatic N) is 1. The second-order valence-electron chi connectivity index (χ2n) is 9.52. The molecule has 1 aliphatic heterocycles. The summed E-state index contributed by atoms with van der Waals surface area (Å²) in [5, 5.41) is 42.5. The van der Waals surface area contributed by atoms with Crippen LogP contribution in [0.15, 0.2) is 60.7 Å². The van der Waals surface area contributed by atoms with E-state index in [2.05, 4.69) is 17.0 Å². The van der Waals surface area contributed by atoms with E-state index in [1.54, 1.807) is 12.1 Å². The maximum absolute atomic E-state index is 10.7. The van der Waals surface area contributed by atoms with Gasteiger partial charge in [-0.2, -0.15) is 0 Å². The highest BCUT2D eigenvalue weighted by atomic mass is 16.5. The lowest BCUT2D eigenvalue weighted by Gasteiger charge is -2.32. The molecule has 0 bridgehead atoms. The molecular weight excluding hydrogens is 418 g/mol. The molecule has 0 amide bonds. The number of aliphatic hydroxyl groups is 3. The van der Waals surface area contributed by atoms with Crippen molar-refractivity contribution >= 4 is 10.8 Å². The molecule has 33 heavy (non-hydrogen) atoms. The van der Waals surface area contributed by atoms with Crippen LogP contribution in [0.3, 0.4) is 0 Å². The van der Waals surface area contributed by atoms with Crippen molar-refractivity contribution in [3.05, 3.63) is 60.7 Å². The van der Waals surface area contributed by atoms with E-state index < -0.39 is 18.3 Å². The summed E-state index contributed by atoms with van der Waals surface area (Å²) in [4.78, 5) is 2.22. The van der Waals surface area contributed by atoms with Gasteiger partial charge in [0.15, 0.2) is 0 Å². The summed E-state index contributed by atoms with van der Waals surface area (Å²) in [5.74, 6) is 1.65. The predicted octanol–water partition coefficient (Wildman–Crippen LogP) is 3.02. The quantitative estimate of drug-likeness (QED) is 0.462. The number of benzene rings is 3. The molecule has 2 fully saturated rings. The number of phenols is 1. The van der Waals surface area contributed by atoms with Crippen molar-refractivity contribution in [1.29, 1.82) is 0 Å². The lowest BCUT2D eigenvalue weighted by molar-refractivity contribution is -0.0372. The number of fused-ring (bicyclic) bond motifs is 2. The highest BCUT2D eigenvalue weighted by molar-refractivity contribution is 5.99. The minimum atomic E-state index is -0.654. The van der Waals surface area contributed by atoms with E-state index in [9.17, 15) is 20.4 Å². The van der Waals surface area contributed by atoms with Crippen LogP contribution in [0.25, 0.3) is 21.9 Å². The van der Waals surface area contributed by atoms with Gasteiger partial charge >= 0.3 is 0 Å². The number of aliphatic hydroxyl groups excluding tert-OH is 3. The monoisotopic (exact) mass is 449 g/mol. The summed E-state index contributed by atoms with van der Waals surface area (Å²) in [5.41, 5.74) is 1.88. The number of β-amino-alcohol motifs (C(OH)–C–C–N with tert-alkyl or cyclic N) is 1. The summed E-state index contributed by atoms with van der Waals surface area (Å²) in [6.45, 7) is 2.34. The van der Waals surface area contributed by atoms with Gasteiger partial charge in [0.1, 0.15) is 24.2 Å². The van der Waals surface area contributed by atoms with Gasteiger partial charge in [0.2, 0.25) is 0 Å². The van der Waals surface area contributed by atoms with Gasteiger partial charge in [-0.15, -0.1) is 0 Å². The Morgan fingerprint density at radius 2 is 1.55 bits per heavy atom. The van der Waals surface area contributed by atoms with Crippen LogP contribution in [-0.4, -0.2) is 69.9 Å². The van der Waals surface area contributed by atoms with E-state index in [1.807, 2.05) is 36.4 Å². The zero-order valence-electron chi connectivity index (χ0n) is 18.5. The maximum atomic E-state index is 10.7. The smallest absolute Gasteiger partial charge is 0.127 e. The van der Waals surface area contributed by atoms with Crippen molar-refractivity contribution < 1.29 is 25.2 Å². The molecule has 174 valence electrons. The molecule has 0 radical (unpaired) electrons. The molecule has 1 aliphatic carbocycles.